The summed E-state index contributed by atoms with van der Waals surface area (Å²) in [5.41, 5.74) is 2.62. The summed E-state index contributed by atoms with van der Waals surface area (Å²) in [7, 11) is 0. The van der Waals surface area contributed by atoms with Crippen molar-refractivity contribution in [3.05, 3.63) is 31.0 Å². The smallest absolute Gasteiger partial charge is 0.141 e. The van der Waals surface area contributed by atoms with Gasteiger partial charge in [0.15, 0.2) is 0 Å². The van der Waals surface area contributed by atoms with Gasteiger partial charge in [-0.05, 0) is 12.5 Å². The fourth-order valence-corrected chi connectivity index (χ4v) is 2.39. The topological polar surface area (TPSA) is 92.0 Å². The lowest BCUT2D eigenvalue weighted by molar-refractivity contribution is 0.318. The highest BCUT2D eigenvalue weighted by Crippen LogP contribution is 2.25. The Balaban J connectivity index is 1.96. The van der Waals surface area contributed by atoms with E-state index in [0.29, 0.717) is 6.42 Å². The third-order valence-corrected chi connectivity index (χ3v) is 3.53. The molecule has 0 amide bonds. The molecule has 0 radical (unpaired) electrons. The number of nitrogens with one attached hydrogen (secondary N) is 1. The quantitative estimate of drug-likeness (QED) is 0.428. The molecule has 1 unspecified atom stereocenters. The molecule has 0 aliphatic rings. The molecular weight excluding hydrogens is 268 g/mol. The summed E-state index contributed by atoms with van der Waals surface area (Å²) in [4.78, 5) is 11.6. The van der Waals surface area contributed by atoms with Crippen molar-refractivity contribution in [1.82, 2.24) is 24.7 Å². The highest BCUT2D eigenvalue weighted by atomic mass is 16.4. The Morgan fingerprint density at radius 2 is 2.38 bits per heavy atom. The van der Waals surface area contributed by atoms with E-state index in [1.807, 2.05) is 23.1 Å². The van der Waals surface area contributed by atoms with Crippen molar-refractivity contribution in [3.63, 3.8) is 0 Å². The number of aromatic amines is 1. The maximum atomic E-state index is 8.55. The molecular formula is C14H16N6O. The standard InChI is InChI=1S/C14H16N6O/c1-2-11(3-6-19-21)20-8-10(7-18-20)13-12-4-5-15-14(12)17-9-16-13/h4-9,11,21H,2-3H2,1H3,(H,15,16,17)/b19-6+. The largest absolute Gasteiger partial charge is 0.411 e. The third-order valence-electron chi connectivity index (χ3n) is 3.53. The first-order valence-corrected chi connectivity index (χ1v) is 6.82. The molecule has 108 valence electrons. The second kappa shape index (κ2) is 5.74. The Morgan fingerprint density at radius 1 is 1.48 bits per heavy atom. The van der Waals surface area contributed by atoms with Gasteiger partial charge >= 0.3 is 0 Å². The summed E-state index contributed by atoms with van der Waals surface area (Å²) in [6.07, 6.45) is 10.2. The van der Waals surface area contributed by atoms with Crippen molar-refractivity contribution in [1.29, 1.82) is 0 Å². The van der Waals surface area contributed by atoms with Crippen molar-refractivity contribution in [3.8, 4) is 11.3 Å². The molecule has 1 atom stereocenters. The molecule has 21 heavy (non-hydrogen) atoms. The van der Waals surface area contributed by atoms with E-state index in [2.05, 4.69) is 32.1 Å². The number of fused-ring (bicyclic) bond motifs is 1. The van der Waals surface area contributed by atoms with Crippen LogP contribution in [0.2, 0.25) is 0 Å². The van der Waals surface area contributed by atoms with Crippen molar-refractivity contribution < 1.29 is 5.21 Å². The van der Waals surface area contributed by atoms with Gasteiger partial charge in [0, 0.05) is 36.0 Å². The van der Waals surface area contributed by atoms with Crippen molar-refractivity contribution in [2.75, 3.05) is 0 Å². The number of aromatic nitrogens is 5. The predicted molar refractivity (Wildman–Crippen MR) is 79.3 cm³/mol. The molecule has 0 spiro atoms. The van der Waals surface area contributed by atoms with Crippen LogP contribution in [-0.4, -0.2) is 36.2 Å². The van der Waals surface area contributed by atoms with Crippen LogP contribution in [0, 0.1) is 0 Å². The fraction of sp³-hybridized carbons (Fsp3) is 0.286. The molecule has 3 aromatic rings. The minimum Gasteiger partial charge on any atom is -0.411 e. The Bertz CT molecular complexity index is 760. The van der Waals surface area contributed by atoms with E-state index in [1.165, 1.54) is 6.21 Å². The van der Waals surface area contributed by atoms with E-state index >= 15 is 0 Å². The van der Waals surface area contributed by atoms with Crippen LogP contribution in [0.5, 0.6) is 0 Å². The lowest BCUT2D eigenvalue weighted by atomic mass is 10.1. The monoisotopic (exact) mass is 284 g/mol. The third kappa shape index (κ3) is 2.49. The van der Waals surface area contributed by atoms with Gasteiger partial charge in [0.2, 0.25) is 0 Å². The Kier molecular flexibility index (Phi) is 3.63. The molecule has 0 aliphatic carbocycles. The molecule has 2 N–H and O–H groups in total. The second-order valence-corrected chi connectivity index (χ2v) is 4.77. The molecule has 0 aliphatic heterocycles. The van der Waals surface area contributed by atoms with Crippen LogP contribution in [-0.2, 0) is 0 Å². The summed E-state index contributed by atoms with van der Waals surface area (Å²) in [6.45, 7) is 2.08. The number of nitrogens with zero attached hydrogens (tertiary/aromatic N) is 5. The molecule has 3 heterocycles. The Labute approximate surface area is 121 Å². The van der Waals surface area contributed by atoms with Crippen LogP contribution < -0.4 is 0 Å². The molecule has 3 rings (SSSR count). The first-order chi connectivity index (χ1) is 10.3. The number of hydrogen-bond acceptors (Lipinski definition) is 5. The summed E-state index contributed by atoms with van der Waals surface area (Å²) in [6, 6.07) is 2.12. The first-order valence-electron chi connectivity index (χ1n) is 6.82. The van der Waals surface area contributed by atoms with Gasteiger partial charge in [-0.15, -0.1) is 5.16 Å². The van der Waals surface area contributed by atoms with E-state index < -0.39 is 0 Å². The minimum absolute atomic E-state index is 0.165. The molecule has 0 saturated heterocycles. The fourth-order valence-electron chi connectivity index (χ4n) is 2.39. The zero-order valence-electron chi connectivity index (χ0n) is 11.6. The SMILES string of the molecule is CCC(C/C=N/O)n1cc(-c2ncnc3[nH]ccc23)cn1. The molecule has 0 bridgehead atoms. The second-order valence-electron chi connectivity index (χ2n) is 4.77. The molecule has 0 fully saturated rings. The van der Waals surface area contributed by atoms with Crippen molar-refractivity contribution in [2.24, 2.45) is 5.16 Å². The van der Waals surface area contributed by atoms with E-state index in [0.717, 1.165) is 28.7 Å². The van der Waals surface area contributed by atoms with E-state index in [9.17, 15) is 0 Å². The van der Waals surface area contributed by atoms with Gasteiger partial charge in [0.1, 0.15) is 12.0 Å². The number of H-pyrrole nitrogens is 1. The summed E-state index contributed by atoms with van der Waals surface area (Å²) in [5.74, 6) is 0. The highest BCUT2D eigenvalue weighted by Gasteiger charge is 2.13. The summed E-state index contributed by atoms with van der Waals surface area (Å²) in [5, 5.41) is 17.0. The summed E-state index contributed by atoms with van der Waals surface area (Å²) >= 11 is 0. The van der Waals surface area contributed by atoms with Gasteiger partial charge in [0.25, 0.3) is 0 Å². The van der Waals surface area contributed by atoms with Crippen molar-refractivity contribution >= 4 is 17.2 Å². The van der Waals surface area contributed by atoms with Gasteiger partial charge in [0.05, 0.1) is 17.9 Å². The summed E-state index contributed by atoms with van der Waals surface area (Å²) < 4.78 is 1.89. The van der Waals surface area contributed by atoms with E-state index in [-0.39, 0.29) is 6.04 Å². The molecule has 3 aromatic heterocycles. The number of hydrogen-bond donors (Lipinski definition) is 2. The number of rotatable bonds is 5. The zero-order valence-corrected chi connectivity index (χ0v) is 11.6. The number of oxime groups is 1. The molecule has 7 heteroatoms. The van der Waals surface area contributed by atoms with Crippen LogP contribution in [0.4, 0.5) is 0 Å². The minimum atomic E-state index is 0.165. The van der Waals surface area contributed by atoms with Crippen LogP contribution in [0.25, 0.3) is 22.3 Å². The zero-order chi connectivity index (χ0) is 14.7. The van der Waals surface area contributed by atoms with Crippen LogP contribution >= 0.6 is 0 Å². The van der Waals surface area contributed by atoms with Gasteiger partial charge in [-0.25, -0.2) is 9.97 Å². The van der Waals surface area contributed by atoms with Crippen LogP contribution in [0.1, 0.15) is 25.8 Å². The van der Waals surface area contributed by atoms with Gasteiger partial charge in [-0.1, -0.05) is 6.92 Å². The average Bonchev–Trinajstić information content (AvgIpc) is 3.16. The lowest BCUT2D eigenvalue weighted by Crippen LogP contribution is -2.08. The van der Waals surface area contributed by atoms with Crippen molar-refractivity contribution in [2.45, 2.75) is 25.8 Å². The van der Waals surface area contributed by atoms with Gasteiger partial charge in [-0.2, -0.15) is 5.10 Å². The lowest BCUT2D eigenvalue weighted by Gasteiger charge is -2.12. The molecule has 7 nitrogen and oxygen atoms in total. The van der Waals surface area contributed by atoms with Gasteiger partial charge < -0.3 is 10.2 Å². The maximum Gasteiger partial charge on any atom is 0.141 e. The Hall–Kier alpha value is -2.70. The average molecular weight is 284 g/mol. The van der Waals surface area contributed by atoms with Crippen LogP contribution in [0.15, 0.2) is 36.1 Å². The van der Waals surface area contributed by atoms with Gasteiger partial charge in [-0.3, -0.25) is 4.68 Å². The predicted octanol–water partition coefficient (Wildman–Crippen LogP) is 2.62. The molecule has 0 aromatic carbocycles. The maximum absolute atomic E-state index is 8.55. The van der Waals surface area contributed by atoms with E-state index in [4.69, 9.17) is 5.21 Å². The first kappa shape index (κ1) is 13.3. The van der Waals surface area contributed by atoms with E-state index in [1.54, 1.807) is 12.5 Å². The molecule has 0 saturated carbocycles. The Morgan fingerprint density at radius 3 is 3.19 bits per heavy atom. The highest BCUT2D eigenvalue weighted by molar-refractivity contribution is 5.89. The van der Waals surface area contributed by atoms with Crippen LogP contribution in [0.3, 0.4) is 0 Å². The normalized spacial score (nSPS) is 13.2.